The van der Waals surface area contributed by atoms with Gasteiger partial charge in [0.15, 0.2) is 0 Å². The summed E-state index contributed by atoms with van der Waals surface area (Å²) in [6, 6.07) is 0.890. The van der Waals surface area contributed by atoms with Gasteiger partial charge in [-0.3, -0.25) is 0 Å². The van der Waals surface area contributed by atoms with Gasteiger partial charge in [0.25, 0.3) is 10.0 Å². The standard InChI is InChI=1S/C11H14BrClN2O3S2/c12-11-6(13)4-7(19-11)20(16,17)15-9-8(14)5-2-1-3-18-10(5)9/h4-5,8-10,15H,1-3,14H2. The van der Waals surface area contributed by atoms with Gasteiger partial charge in [-0.05, 0) is 34.8 Å². The van der Waals surface area contributed by atoms with Crippen LogP contribution in [0.15, 0.2) is 14.1 Å². The third-order valence-corrected chi connectivity index (χ3v) is 8.26. The molecular weight excluding hydrogens is 388 g/mol. The summed E-state index contributed by atoms with van der Waals surface area (Å²) in [6.07, 6.45) is 1.88. The SMILES string of the molecule is NC1C2CCCOC2C1NS(=O)(=O)c1cc(Cl)c(Br)s1. The summed E-state index contributed by atoms with van der Waals surface area (Å²) in [5, 5.41) is 0.389. The maximum absolute atomic E-state index is 12.3. The lowest BCUT2D eigenvalue weighted by Crippen LogP contribution is -2.71. The molecule has 20 heavy (non-hydrogen) atoms. The number of hydrogen-bond donors (Lipinski definition) is 2. The monoisotopic (exact) mass is 400 g/mol. The van der Waals surface area contributed by atoms with Crippen molar-refractivity contribution >= 4 is 48.9 Å². The highest BCUT2D eigenvalue weighted by atomic mass is 79.9. The average Bonchev–Trinajstić information content (AvgIpc) is 2.77. The summed E-state index contributed by atoms with van der Waals surface area (Å²) < 4.78 is 33.7. The topological polar surface area (TPSA) is 81.4 Å². The van der Waals surface area contributed by atoms with E-state index in [1.165, 1.54) is 6.07 Å². The van der Waals surface area contributed by atoms with E-state index in [0.717, 1.165) is 24.2 Å². The minimum absolute atomic E-state index is 0.104. The molecule has 4 atom stereocenters. The zero-order chi connectivity index (χ0) is 14.5. The molecule has 1 aliphatic heterocycles. The molecule has 2 fully saturated rings. The van der Waals surface area contributed by atoms with Gasteiger partial charge in [0.1, 0.15) is 4.21 Å². The zero-order valence-electron chi connectivity index (χ0n) is 10.4. The number of thiophene rings is 1. The average molecular weight is 402 g/mol. The molecule has 2 aliphatic rings. The minimum atomic E-state index is -3.61. The third kappa shape index (κ3) is 2.55. The fourth-order valence-electron chi connectivity index (χ4n) is 2.79. The van der Waals surface area contributed by atoms with Crippen molar-refractivity contribution in [1.29, 1.82) is 0 Å². The highest BCUT2D eigenvalue weighted by molar-refractivity contribution is 9.11. The van der Waals surface area contributed by atoms with Gasteiger partial charge in [-0.25, -0.2) is 13.1 Å². The lowest BCUT2D eigenvalue weighted by molar-refractivity contribution is -0.114. The van der Waals surface area contributed by atoms with Crippen molar-refractivity contribution in [2.24, 2.45) is 11.7 Å². The van der Waals surface area contributed by atoms with E-state index in [4.69, 9.17) is 22.1 Å². The molecule has 3 N–H and O–H groups in total. The maximum atomic E-state index is 12.3. The second-order valence-corrected chi connectivity index (χ2v) is 9.77. The lowest BCUT2D eigenvalue weighted by atomic mass is 9.69. The highest BCUT2D eigenvalue weighted by Gasteiger charge is 2.52. The van der Waals surface area contributed by atoms with Crippen molar-refractivity contribution in [1.82, 2.24) is 4.72 Å². The Morgan fingerprint density at radius 3 is 2.95 bits per heavy atom. The number of hydrogen-bond acceptors (Lipinski definition) is 5. The second-order valence-electron chi connectivity index (χ2n) is 5.05. The Morgan fingerprint density at radius 2 is 2.30 bits per heavy atom. The van der Waals surface area contributed by atoms with Crippen LogP contribution in [-0.2, 0) is 14.8 Å². The normalized spacial score (nSPS) is 33.5. The highest BCUT2D eigenvalue weighted by Crippen LogP contribution is 2.39. The van der Waals surface area contributed by atoms with E-state index in [2.05, 4.69) is 20.7 Å². The molecular formula is C11H14BrClN2O3S2. The molecule has 1 saturated carbocycles. The summed E-state index contributed by atoms with van der Waals surface area (Å²) in [5.41, 5.74) is 6.06. The maximum Gasteiger partial charge on any atom is 0.250 e. The molecule has 1 aromatic heterocycles. The van der Waals surface area contributed by atoms with E-state index in [1.54, 1.807) is 0 Å². The number of fused-ring (bicyclic) bond motifs is 1. The molecule has 0 aromatic carbocycles. The minimum Gasteiger partial charge on any atom is -0.376 e. The lowest BCUT2D eigenvalue weighted by Gasteiger charge is -2.52. The zero-order valence-corrected chi connectivity index (χ0v) is 14.4. The van der Waals surface area contributed by atoms with E-state index in [0.29, 0.717) is 15.4 Å². The molecule has 0 amide bonds. The molecule has 0 bridgehead atoms. The van der Waals surface area contributed by atoms with Gasteiger partial charge in [0.05, 0.1) is 21.0 Å². The molecule has 2 heterocycles. The van der Waals surface area contributed by atoms with E-state index < -0.39 is 10.0 Å². The van der Waals surface area contributed by atoms with Crippen LogP contribution >= 0.6 is 38.9 Å². The van der Waals surface area contributed by atoms with E-state index in [1.807, 2.05) is 0 Å². The van der Waals surface area contributed by atoms with Gasteiger partial charge >= 0.3 is 0 Å². The summed E-state index contributed by atoms with van der Waals surface area (Å²) >= 11 is 10.2. The van der Waals surface area contributed by atoms with Gasteiger partial charge in [-0.1, -0.05) is 11.6 Å². The van der Waals surface area contributed by atoms with Gasteiger partial charge in [-0.2, -0.15) is 0 Å². The van der Waals surface area contributed by atoms with Crippen molar-refractivity contribution < 1.29 is 13.2 Å². The molecule has 5 nitrogen and oxygen atoms in total. The van der Waals surface area contributed by atoms with E-state index >= 15 is 0 Å². The third-order valence-electron chi connectivity index (χ3n) is 3.86. The quantitative estimate of drug-likeness (QED) is 0.811. The number of rotatable bonds is 3. The predicted octanol–water partition coefficient (Wildman–Crippen LogP) is 1.95. The Labute approximate surface area is 135 Å². The van der Waals surface area contributed by atoms with Gasteiger partial charge in [-0.15, -0.1) is 11.3 Å². The fourth-order valence-corrected chi connectivity index (χ4v) is 6.48. The van der Waals surface area contributed by atoms with Crippen LogP contribution in [0.4, 0.5) is 0 Å². The van der Waals surface area contributed by atoms with Crippen molar-refractivity contribution in [2.75, 3.05) is 6.61 Å². The number of nitrogens with two attached hydrogens (primary N) is 1. The number of sulfonamides is 1. The van der Waals surface area contributed by atoms with Crippen LogP contribution in [0.1, 0.15) is 12.8 Å². The Balaban J connectivity index is 1.77. The molecule has 1 aliphatic carbocycles. The number of nitrogens with one attached hydrogen (secondary N) is 1. The van der Waals surface area contributed by atoms with Crippen molar-refractivity contribution in [2.45, 2.75) is 35.2 Å². The van der Waals surface area contributed by atoms with Crippen molar-refractivity contribution in [3.63, 3.8) is 0 Å². The van der Waals surface area contributed by atoms with Crippen LogP contribution in [-0.4, -0.2) is 33.2 Å². The second kappa shape index (κ2) is 5.49. The van der Waals surface area contributed by atoms with Crippen LogP contribution in [0.5, 0.6) is 0 Å². The van der Waals surface area contributed by atoms with E-state index in [9.17, 15) is 8.42 Å². The molecule has 3 rings (SSSR count). The summed E-state index contributed by atoms with van der Waals surface area (Å²) in [5.74, 6) is 0.259. The van der Waals surface area contributed by atoms with Crippen molar-refractivity contribution in [3.05, 3.63) is 14.9 Å². The molecule has 0 spiro atoms. The number of halogens is 2. The number of ether oxygens (including phenoxy) is 1. The summed E-state index contributed by atoms with van der Waals surface area (Å²) in [4.78, 5) is 0. The first-order valence-electron chi connectivity index (χ1n) is 6.24. The van der Waals surface area contributed by atoms with Crippen LogP contribution in [0.25, 0.3) is 0 Å². The Kier molecular flexibility index (Phi) is 4.18. The van der Waals surface area contributed by atoms with Gasteiger partial charge in [0.2, 0.25) is 0 Å². The summed E-state index contributed by atoms with van der Waals surface area (Å²) in [6.45, 7) is 0.669. The molecule has 112 valence electrons. The smallest absolute Gasteiger partial charge is 0.250 e. The molecule has 4 unspecified atom stereocenters. The Hall–Kier alpha value is 0.300. The predicted molar refractivity (Wildman–Crippen MR) is 81.6 cm³/mol. The van der Waals surface area contributed by atoms with E-state index in [-0.39, 0.29) is 28.3 Å². The summed E-state index contributed by atoms with van der Waals surface area (Å²) in [7, 11) is -3.61. The Bertz CT molecular complexity index is 602. The fraction of sp³-hybridized carbons (Fsp3) is 0.636. The first kappa shape index (κ1) is 15.2. The van der Waals surface area contributed by atoms with Crippen LogP contribution in [0, 0.1) is 5.92 Å². The molecule has 0 radical (unpaired) electrons. The first-order valence-corrected chi connectivity index (χ1v) is 9.71. The van der Waals surface area contributed by atoms with Crippen LogP contribution in [0.3, 0.4) is 0 Å². The van der Waals surface area contributed by atoms with Gasteiger partial charge in [0, 0.05) is 18.6 Å². The largest absolute Gasteiger partial charge is 0.376 e. The first-order chi connectivity index (χ1) is 9.40. The van der Waals surface area contributed by atoms with Gasteiger partial charge < -0.3 is 10.5 Å². The molecule has 1 aromatic rings. The van der Waals surface area contributed by atoms with Crippen LogP contribution in [0.2, 0.25) is 5.02 Å². The molecule has 1 saturated heterocycles. The van der Waals surface area contributed by atoms with Crippen LogP contribution < -0.4 is 10.5 Å². The Morgan fingerprint density at radius 1 is 1.55 bits per heavy atom. The molecule has 9 heteroatoms. The van der Waals surface area contributed by atoms with Crippen molar-refractivity contribution in [3.8, 4) is 0 Å².